The standard InChI is InChI=1S/C12H16N4O2S/c1-2-19(17,18)16-8-10(9-16)7-14-12-5-3-4-11(6-13)15-12/h3-5,10H,2,7-9H2,1H3,(H,14,15). The van der Waals surface area contributed by atoms with Crippen molar-refractivity contribution < 1.29 is 8.42 Å². The molecule has 1 N–H and O–H groups in total. The van der Waals surface area contributed by atoms with Crippen molar-refractivity contribution in [3.05, 3.63) is 23.9 Å². The molecule has 0 bridgehead atoms. The van der Waals surface area contributed by atoms with Crippen molar-refractivity contribution >= 4 is 15.8 Å². The second kappa shape index (κ2) is 5.55. The molecule has 19 heavy (non-hydrogen) atoms. The molecule has 0 spiro atoms. The molecule has 0 saturated carbocycles. The molecule has 2 rings (SSSR count). The van der Waals surface area contributed by atoms with Gasteiger partial charge in [-0.25, -0.2) is 17.7 Å². The van der Waals surface area contributed by atoms with Crippen LogP contribution in [0.1, 0.15) is 12.6 Å². The van der Waals surface area contributed by atoms with Crippen LogP contribution in [0.25, 0.3) is 0 Å². The van der Waals surface area contributed by atoms with E-state index in [1.54, 1.807) is 25.1 Å². The van der Waals surface area contributed by atoms with Gasteiger partial charge in [-0.3, -0.25) is 0 Å². The molecule has 0 aliphatic carbocycles. The molecule has 0 radical (unpaired) electrons. The average Bonchev–Trinajstić information content (AvgIpc) is 2.37. The van der Waals surface area contributed by atoms with Crippen LogP contribution in [0.5, 0.6) is 0 Å². The van der Waals surface area contributed by atoms with Crippen LogP contribution in [0, 0.1) is 17.2 Å². The van der Waals surface area contributed by atoms with Gasteiger partial charge in [0.05, 0.1) is 5.75 Å². The van der Waals surface area contributed by atoms with Gasteiger partial charge in [0.2, 0.25) is 10.0 Å². The lowest BCUT2D eigenvalue weighted by Crippen LogP contribution is -2.52. The Hall–Kier alpha value is -1.65. The van der Waals surface area contributed by atoms with E-state index in [1.807, 2.05) is 6.07 Å². The van der Waals surface area contributed by atoms with Crippen LogP contribution in [0.15, 0.2) is 18.2 Å². The monoisotopic (exact) mass is 280 g/mol. The molecule has 0 aromatic carbocycles. The number of nitrogens with one attached hydrogen (secondary N) is 1. The third-order valence-corrected chi connectivity index (χ3v) is 4.93. The Labute approximate surface area is 113 Å². The van der Waals surface area contributed by atoms with Crippen molar-refractivity contribution in [2.45, 2.75) is 6.92 Å². The highest BCUT2D eigenvalue weighted by Crippen LogP contribution is 2.20. The van der Waals surface area contributed by atoms with Gasteiger partial charge in [-0.15, -0.1) is 0 Å². The predicted molar refractivity (Wildman–Crippen MR) is 72.0 cm³/mol. The van der Waals surface area contributed by atoms with E-state index in [0.29, 0.717) is 37.1 Å². The summed E-state index contributed by atoms with van der Waals surface area (Å²) in [7, 11) is -3.04. The van der Waals surface area contributed by atoms with Crippen LogP contribution in [0.3, 0.4) is 0 Å². The van der Waals surface area contributed by atoms with E-state index in [9.17, 15) is 8.42 Å². The van der Waals surface area contributed by atoms with E-state index in [-0.39, 0.29) is 5.75 Å². The summed E-state index contributed by atoms with van der Waals surface area (Å²) in [6, 6.07) is 7.18. The zero-order chi connectivity index (χ0) is 13.9. The summed E-state index contributed by atoms with van der Waals surface area (Å²) in [5.41, 5.74) is 0.369. The molecule has 6 nitrogen and oxygen atoms in total. The lowest BCUT2D eigenvalue weighted by Gasteiger charge is -2.37. The molecule has 102 valence electrons. The fourth-order valence-corrected chi connectivity index (χ4v) is 3.15. The fraction of sp³-hybridized carbons (Fsp3) is 0.500. The largest absolute Gasteiger partial charge is 0.370 e. The molecule has 7 heteroatoms. The first-order valence-corrected chi connectivity index (χ1v) is 7.75. The normalized spacial score (nSPS) is 16.6. The highest BCUT2D eigenvalue weighted by Gasteiger charge is 2.34. The van der Waals surface area contributed by atoms with Crippen molar-refractivity contribution in [3.63, 3.8) is 0 Å². The van der Waals surface area contributed by atoms with Gasteiger partial charge in [0, 0.05) is 25.6 Å². The Bertz CT molecular complexity index is 588. The first-order chi connectivity index (χ1) is 9.05. The van der Waals surface area contributed by atoms with Crippen LogP contribution in [0.4, 0.5) is 5.82 Å². The number of sulfonamides is 1. The van der Waals surface area contributed by atoms with Gasteiger partial charge in [0.25, 0.3) is 0 Å². The summed E-state index contributed by atoms with van der Waals surface area (Å²) in [6.07, 6.45) is 0. The predicted octanol–water partition coefficient (Wildman–Crippen LogP) is 0.647. The summed E-state index contributed by atoms with van der Waals surface area (Å²) >= 11 is 0. The Kier molecular flexibility index (Phi) is 4.02. The maximum Gasteiger partial charge on any atom is 0.213 e. The van der Waals surface area contributed by atoms with Crippen molar-refractivity contribution in [3.8, 4) is 6.07 Å². The summed E-state index contributed by atoms with van der Waals surface area (Å²) in [5.74, 6) is 1.10. The fourth-order valence-electron chi connectivity index (χ4n) is 1.91. The van der Waals surface area contributed by atoms with Gasteiger partial charge in [-0.05, 0) is 19.1 Å². The van der Waals surface area contributed by atoms with Gasteiger partial charge in [-0.1, -0.05) is 6.07 Å². The molecule has 1 aliphatic rings. The zero-order valence-corrected chi connectivity index (χ0v) is 11.5. The van der Waals surface area contributed by atoms with Crippen LogP contribution >= 0.6 is 0 Å². The van der Waals surface area contributed by atoms with Gasteiger partial charge < -0.3 is 5.32 Å². The lowest BCUT2D eigenvalue weighted by atomic mass is 10.0. The second-order valence-electron chi connectivity index (χ2n) is 4.48. The molecule has 0 unspecified atom stereocenters. The molecule has 0 atom stereocenters. The molecular weight excluding hydrogens is 264 g/mol. The minimum atomic E-state index is -3.04. The molecule has 1 aromatic rings. The molecule has 1 aliphatic heterocycles. The lowest BCUT2D eigenvalue weighted by molar-refractivity contribution is 0.212. The van der Waals surface area contributed by atoms with E-state index >= 15 is 0 Å². The molecule has 1 saturated heterocycles. The van der Waals surface area contributed by atoms with Crippen molar-refractivity contribution in [1.82, 2.24) is 9.29 Å². The Balaban J connectivity index is 1.81. The molecule has 2 heterocycles. The maximum absolute atomic E-state index is 11.5. The minimum Gasteiger partial charge on any atom is -0.370 e. The van der Waals surface area contributed by atoms with Gasteiger partial charge >= 0.3 is 0 Å². The van der Waals surface area contributed by atoms with Crippen LogP contribution in [0.2, 0.25) is 0 Å². The Morgan fingerprint density at radius 1 is 1.53 bits per heavy atom. The second-order valence-corrected chi connectivity index (χ2v) is 6.74. The molecule has 1 fully saturated rings. The summed E-state index contributed by atoms with van der Waals surface area (Å²) in [6.45, 7) is 3.43. The van der Waals surface area contributed by atoms with Gasteiger partial charge in [-0.2, -0.15) is 5.26 Å². The summed E-state index contributed by atoms with van der Waals surface area (Å²) in [4.78, 5) is 4.10. The zero-order valence-electron chi connectivity index (χ0n) is 10.7. The highest BCUT2D eigenvalue weighted by atomic mass is 32.2. The van der Waals surface area contributed by atoms with Gasteiger partial charge in [0.15, 0.2) is 0 Å². The van der Waals surface area contributed by atoms with E-state index in [1.165, 1.54) is 4.31 Å². The van der Waals surface area contributed by atoms with Crippen LogP contribution in [-0.4, -0.2) is 43.1 Å². The number of anilines is 1. The minimum absolute atomic E-state index is 0.152. The molecular formula is C12H16N4O2S. The maximum atomic E-state index is 11.5. The number of rotatable bonds is 5. The SMILES string of the molecule is CCS(=O)(=O)N1CC(CNc2cccc(C#N)n2)C1. The third kappa shape index (κ3) is 3.22. The summed E-state index contributed by atoms with van der Waals surface area (Å²) in [5, 5.41) is 11.9. The quantitative estimate of drug-likeness (QED) is 0.855. The third-order valence-electron chi connectivity index (χ3n) is 3.12. The van der Waals surface area contributed by atoms with Gasteiger partial charge in [0.1, 0.15) is 17.6 Å². The van der Waals surface area contributed by atoms with Crippen molar-refractivity contribution in [2.75, 3.05) is 30.7 Å². The molecule has 0 amide bonds. The van der Waals surface area contributed by atoms with Crippen LogP contribution in [-0.2, 0) is 10.0 Å². The Morgan fingerprint density at radius 3 is 2.89 bits per heavy atom. The molecule has 1 aromatic heterocycles. The average molecular weight is 280 g/mol. The topological polar surface area (TPSA) is 86.1 Å². The van der Waals surface area contributed by atoms with Crippen LogP contribution < -0.4 is 5.32 Å². The van der Waals surface area contributed by atoms with Crippen molar-refractivity contribution in [1.29, 1.82) is 5.26 Å². The highest BCUT2D eigenvalue weighted by molar-refractivity contribution is 7.89. The number of pyridine rings is 1. The van der Waals surface area contributed by atoms with E-state index < -0.39 is 10.0 Å². The first kappa shape index (κ1) is 13.8. The first-order valence-electron chi connectivity index (χ1n) is 6.14. The van der Waals surface area contributed by atoms with E-state index in [2.05, 4.69) is 10.3 Å². The number of nitriles is 1. The van der Waals surface area contributed by atoms with E-state index in [4.69, 9.17) is 5.26 Å². The van der Waals surface area contributed by atoms with Crippen molar-refractivity contribution in [2.24, 2.45) is 5.92 Å². The number of nitrogens with zero attached hydrogens (tertiary/aromatic N) is 3. The number of hydrogen-bond acceptors (Lipinski definition) is 5. The van der Waals surface area contributed by atoms with E-state index in [0.717, 1.165) is 0 Å². The smallest absolute Gasteiger partial charge is 0.213 e. The number of hydrogen-bond donors (Lipinski definition) is 1. The summed E-state index contributed by atoms with van der Waals surface area (Å²) < 4.78 is 24.6. The Morgan fingerprint density at radius 2 is 2.26 bits per heavy atom. The number of aromatic nitrogens is 1.